The molecule has 0 aromatic carbocycles. The van der Waals surface area contributed by atoms with Crippen LogP contribution < -0.4 is 5.56 Å². The number of nitrogens with zero attached hydrogens (tertiary/aromatic N) is 4. The fourth-order valence-corrected chi connectivity index (χ4v) is 3.02. The highest BCUT2D eigenvalue weighted by atomic mass is 16.5. The molecular formula is C16H23N5O4. The topological polar surface area (TPSA) is 98.8 Å². The van der Waals surface area contributed by atoms with E-state index < -0.39 is 0 Å². The summed E-state index contributed by atoms with van der Waals surface area (Å²) >= 11 is 0. The van der Waals surface area contributed by atoms with E-state index in [0.29, 0.717) is 32.6 Å². The molecule has 25 heavy (non-hydrogen) atoms. The number of carbonyl (C=O) groups is 2. The molecule has 136 valence electrons. The second-order valence-corrected chi connectivity index (χ2v) is 6.18. The highest BCUT2D eigenvalue weighted by Crippen LogP contribution is 2.08. The van der Waals surface area contributed by atoms with Crippen molar-refractivity contribution in [2.24, 2.45) is 0 Å². The zero-order valence-electron chi connectivity index (χ0n) is 14.1. The molecule has 1 aromatic rings. The van der Waals surface area contributed by atoms with Crippen molar-refractivity contribution in [2.75, 3.05) is 59.0 Å². The number of aromatic nitrogens is 2. The van der Waals surface area contributed by atoms with Gasteiger partial charge in [-0.25, -0.2) is 5.10 Å². The number of hydrogen-bond donors (Lipinski definition) is 1. The van der Waals surface area contributed by atoms with Crippen LogP contribution in [0.5, 0.6) is 0 Å². The first-order valence-electron chi connectivity index (χ1n) is 8.56. The third kappa shape index (κ3) is 4.64. The molecule has 0 spiro atoms. The molecule has 2 aliphatic heterocycles. The Balaban J connectivity index is 1.44. The molecule has 0 unspecified atom stereocenters. The zero-order chi connectivity index (χ0) is 17.6. The van der Waals surface area contributed by atoms with E-state index in [4.69, 9.17) is 4.74 Å². The standard InChI is InChI=1S/C16H23N5O4/c22-14-2-1-13(17-18-14)16(24)21-7-5-20(6-8-21)15(23)3-4-19-9-11-25-12-10-19/h1-2H,3-12H2,(H,18,22). The van der Waals surface area contributed by atoms with Gasteiger partial charge < -0.3 is 14.5 Å². The van der Waals surface area contributed by atoms with Crippen LogP contribution in [0.3, 0.4) is 0 Å². The Kier molecular flexibility index (Phi) is 5.77. The van der Waals surface area contributed by atoms with Crippen molar-refractivity contribution < 1.29 is 14.3 Å². The first kappa shape index (κ1) is 17.6. The van der Waals surface area contributed by atoms with E-state index in [1.165, 1.54) is 12.1 Å². The van der Waals surface area contributed by atoms with Crippen molar-refractivity contribution in [3.63, 3.8) is 0 Å². The van der Waals surface area contributed by atoms with Crippen LogP contribution in [0.2, 0.25) is 0 Å². The summed E-state index contributed by atoms with van der Waals surface area (Å²) in [4.78, 5) is 41.4. The van der Waals surface area contributed by atoms with Gasteiger partial charge in [-0.15, -0.1) is 0 Å². The number of rotatable bonds is 4. The maximum atomic E-state index is 12.3. The van der Waals surface area contributed by atoms with Crippen LogP contribution in [0.4, 0.5) is 0 Å². The number of H-pyrrole nitrogens is 1. The summed E-state index contributed by atoms with van der Waals surface area (Å²) in [6, 6.07) is 2.70. The van der Waals surface area contributed by atoms with Crippen LogP contribution in [-0.4, -0.2) is 95.7 Å². The molecular weight excluding hydrogens is 326 g/mol. The highest BCUT2D eigenvalue weighted by Gasteiger charge is 2.25. The zero-order valence-corrected chi connectivity index (χ0v) is 14.1. The summed E-state index contributed by atoms with van der Waals surface area (Å²) in [5.74, 6) is -0.0996. The van der Waals surface area contributed by atoms with Crippen molar-refractivity contribution in [1.82, 2.24) is 24.9 Å². The molecule has 9 nitrogen and oxygen atoms in total. The molecule has 1 N–H and O–H groups in total. The minimum atomic E-state index is -0.341. The molecule has 3 rings (SSSR count). The summed E-state index contributed by atoms with van der Waals surface area (Å²) in [7, 11) is 0. The van der Waals surface area contributed by atoms with Crippen LogP contribution in [0.15, 0.2) is 16.9 Å². The van der Waals surface area contributed by atoms with E-state index >= 15 is 0 Å². The summed E-state index contributed by atoms with van der Waals surface area (Å²) < 4.78 is 5.30. The van der Waals surface area contributed by atoms with Gasteiger partial charge in [0.15, 0.2) is 0 Å². The molecule has 0 radical (unpaired) electrons. The number of aromatic amines is 1. The maximum Gasteiger partial charge on any atom is 0.274 e. The SMILES string of the molecule is O=C(CCN1CCOCC1)N1CCN(C(=O)c2ccc(=O)[nH]n2)CC1. The van der Waals surface area contributed by atoms with Crippen molar-refractivity contribution in [3.8, 4) is 0 Å². The van der Waals surface area contributed by atoms with E-state index in [2.05, 4.69) is 15.1 Å². The smallest absolute Gasteiger partial charge is 0.274 e. The van der Waals surface area contributed by atoms with Gasteiger partial charge in [-0.05, 0) is 6.07 Å². The van der Waals surface area contributed by atoms with Crippen molar-refractivity contribution in [1.29, 1.82) is 0 Å². The molecule has 2 saturated heterocycles. The third-order valence-electron chi connectivity index (χ3n) is 4.56. The molecule has 0 saturated carbocycles. The summed E-state index contributed by atoms with van der Waals surface area (Å²) in [6.07, 6.45) is 0.495. The molecule has 2 aliphatic rings. The van der Waals surface area contributed by atoms with Gasteiger partial charge in [0.2, 0.25) is 5.91 Å². The Labute approximate surface area is 145 Å². The Morgan fingerprint density at radius 2 is 1.72 bits per heavy atom. The number of piperazine rings is 1. The lowest BCUT2D eigenvalue weighted by Gasteiger charge is -2.35. The highest BCUT2D eigenvalue weighted by molar-refractivity contribution is 5.92. The summed E-state index contributed by atoms with van der Waals surface area (Å²) in [5, 5.41) is 6.03. The number of carbonyl (C=O) groups excluding carboxylic acids is 2. The number of morpholine rings is 1. The van der Waals surface area contributed by atoms with E-state index in [1.807, 2.05) is 4.90 Å². The lowest BCUT2D eigenvalue weighted by molar-refractivity contribution is -0.133. The molecule has 0 atom stereocenters. The van der Waals surface area contributed by atoms with Gasteiger partial charge in [-0.2, -0.15) is 5.10 Å². The lowest BCUT2D eigenvalue weighted by Crippen LogP contribution is -2.51. The molecule has 2 fully saturated rings. The Hall–Kier alpha value is -2.26. The van der Waals surface area contributed by atoms with Crippen molar-refractivity contribution in [2.45, 2.75) is 6.42 Å². The molecule has 3 heterocycles. The van der Waals surface area contributed by atoms with Crippen LogP contribution in [0, 0.1) is 0 Å². The Bertz CT molecular complexity index is 642. The monoisotopic (exact) mass is 349 g/mol. The van der Waals surface area contributed by atoms with Gasteiger partial charge in [-0.3, -0.25) is 19.3 Å². The van der Waals surface area contributed by atoms with Gasteiger partial charge in [0.25, 0.3) is 11.5 Å². The summed E-state index contributed by atoms with van der Waals surface area (Å²) in [5.41, 5.74) is -0.126. The number of hydrogen-bond acceptors (Lipinski definition) is 6. The average molecular weight is 349 g/mol. The molecule has 0 bridgehead atoms. The average Bonchev–Trinajstić information content (AvgIpc) is 2.67. The fourth-order valence-electron chi connectivity index (χ4n) is 3.02. The Morgan fingerprint density at radius 3 is 2.36 bits per heavy atom. The molecule has 9 heteroatoms. The van der Waals surface area contributed by atoms with Crippen LogP contribution in [0.25, 0.3) is 0 Å². The predicted octanol–water partition coefficient (Wildman–Crippen LogP) is -1.22. The van der Waals surface area contributed by atoms with Gasteiger partial charge in [0.05, 0.1) is 13.2 Å². The second kappa shape index (κ2) is 8.21. The summed E-state index contributed by atoms with van der Waals surface area (Å²) in [6.45, 7) is 5.97. The third-order valence-corrected chi connectivity index (χ3v) is 4.56. The second-order valence-electron chi connectivity index (χ2n) is 6.18. The van der Waals surface area contributed by atoms with Crippen LogP contribution >= 0.6 is 0 Å². The first-order valence-corrected chi connectivity index (χ1v) is 8.56. The van der Waals surface area contributed by atoms with Crippen molar-refractivity contribution >= 4 is 11.8 Å². The largest absolute Gasteiger partial charge is 0.379 e. The maximum absolute atomic E-state index is 12.3. The van der Waals surface area contributed by atoms with E-state index in [9.17, 15) is 14.4 Å². The van der Waals surface area contributed by atoms with E-state index in [1.54, 1.807) is 4.90 Å². The van der Waals surface area contributed by atoms with Crippen LogP contribution in [0.1, 0.15) is 16.9 Å². The number of amides is 2. The lowest BCUT2D eigenvalue weighted by atomic mass is 10.2. The van der Waals surface area contributed by atoms with Gasteiger partial charge >= 0.3 is 0 Å². The quantitative estimate of drug-likeness (QED) is 0.731. The van der Waals surface area contributed by atoms with Crippen LogP contribution in [-0.2, 0) is 9.53 Å². The van der Waals surface area contributed by atoms with Gasteiger partial charge in [-0.1, -0.05) is 0 Å². The van der Waals surface area contributed by atoms with E-state index in [-0.39, 0.29) is 23.1 Å². The molecule has 1 aromatic heterocycles. The minimum Gasteiger partial charge on any atom is -0.379 e. The number of nitrogens with one attached hydrogen (secondary N) is 1. The van der Waals surface area contributed by atoms with Gasteiger partial charge in [0.1, 0.15) is 5.69 Å². The molecule has 0 aliphatic carbocycles. The van der Waals surface area contributed by atoms with E-state index in [0.717, 1.165) is 32.8 Å². The predicted molar refractivity (Wildman–Crippen MR) is 89.2 cm³/mol. The minimum absolute atomic E-state index is 0.126. The first-order chi connectivity index (χ1) is 12.1. The number of ether oxygens (including phenoxy) is 1. The molecule has 2 amide bonds. The normalized spacial score (nSPS) is 19.0. The van der Waals surface area contributed by atoms with Crippen molar-refractivity contribution in [3.05, 3.63) is 28.2 Å². The fraction of sp³-hybridized carbons (Fsp3) is 0.625. The van der Waals surface area contributed by atoms with Gasteiger partial charge in [0, 0.05) is 58.3 Å². The Morgan fingerprint density at radius 1 is 1.04 bits per heavy atom.